The van der Waals surface area contributed by atoms with Crippen molar-refractivity contribution in [2.75, 3.05) is 18.4 Å². The minimum absolute atomic E-state index is 0.0319. The van der Waals surface area contributed by atoms with E-state index >= 15 is 0 Å². The summed E-state index contributed by atoms with van der Waals surface area (Å²) in [6.07, 6.45) is -1.48. The molecule has 0 spiro atoms. The number of nitrogens with one attached hydrogen (secondary N) is 2. The van der Waals surface area contributed by atoms with Gasteiger partial charge in [0.25, 0.3) is 0 Å². The number of nitrogens with zero attached hydrogens (tertiary/aromatic N) is 4. The number of hydrogen-bond acceptors (Lipinski definition) is 6. The Morgan fingerprint density at radius 2 is 2.12 bits per heavy atom. The number of anilines is 1. The number of ether oxygens (including phenoxy) is 1. The van der Waals surface area contributed by atoms with Gasteiger partial charge in [-0.25, -0.2) is 9.18 Å². The molecule has 3 rings (SSSR count). The van der Waals surface area contributed by atoms with E-state index in [4.69, 9.17) is 27.9 Å². The molecule has 0 aromatic carbocycles. The minimum Gasteiger partial charge on any atom is -0.444 e. The first-order chi connectivity index (χ1) is 12.1. The summed E-state index contributed by atoms with van der Waals surface area (Å²) in [6, 6.07) is -0.698. The van der Waals surface area contributed by atoms with Gasteiger partial charge >= 0.3 is 6.09 Å². The standard InChI is InChI=1S/C15H19Cl2FN6O2/c1-15(2,3)26-14(25)24-5-4-7(18)8(6-24)19-11-9-10(16)22-23-12(9)21-13(17)20-11/h7-8H,4-6H2,1-3H3,(H2,19,20,21,22,23)/t7-,8+/m1/s1. The van der Waals surface area contributed by atoms with Gasteiger partial charge in [0.15, 0.2) is 10.8 Å². The molecular weight excluding hydrogens is 386 g/mol. The molecule has 2 aromatic heterocycles. The molecule has 0 bridgehead atoms. The van der Waals surface area contributed by atoms with E-state index in [0.29, 0.717) is 11.0 Å². The van der Waals surface area contributed by atoms with Crippen LogP contribution in [0.15, 0.2) is 0 Å². The second-order valence-corrected chi connectivity index (χ2v) is 7.76. The summed E-state index contributed by atoms with van der Waals surface area (Å²) in [6.45, 7) is 5.74. The van der Waals surface area contributed by atoms with Crippen LogP contribution in [0.5, 0.6) is 0 Å². The van der Waals surface area contributed by atoms with Crippen LogP contribution >= 0.6 is 23.2 Å². The van der Waals surface area contributed by atoms with Crippen molar-refractivity contribution in [3.8, 4) is 0 Å². The third kappa shape index (κ3) is 4.09. The van der Waals surface area contributed by atoms with E-state index in [1.54, 1.807) is 20.8 Å². The lowest BCUT2D eigenvalue weighted by atomic mass is 10.0. The summed E-state index contributed by atoms with van der Waals surface area (Å²) >= 11 is 12.0. The number of alkyl halides is 1. The highest BCUT2D eigenvalue weighted by atomic mass is 35.5. The first-order valence-electron chi connectivity index (χ1n) is 8.09. The predicted molar refractivity (Wildman–Crippen MR) is 96.4 cm³/mol. The minimum atomic E-state index is -1.18. The molecule has 0 saturated carbocycles. The van der Waals surface area contributed by atoms with Crippen LogP contribution in [0.4, 0.5) is 15.0 Å². The maximum absolute atomic E-state index is 14.5. The highest BCUT2D eigenvalue weighted by Gasteiger charge is 2.34. The number of amides is 1. The molecule has 2 N–H and O–H groups in total. The van der Waals surface area contributed by atoms with Crippen LogP contribution in [-0.2, 0) is 4.74 Å². The zero-order chi connectivity index (χ0) is 19.1. The molecule has 26 heavy (non-hydrogen) atoms. The largest absolute Gasteiger partial charge is 0.444 e. The van der Waals surface area contributed by atoms with E-state index in [-0.39, 0.29) is 35.8 Å². The van der Waals surface area contributed by atoms with Gasteiger partial charge in [0.2, 0.25) is 5.28 Å². The van der Waals surface area contributed by atoms with Crippen molar-refractivity contribution in [2.24, 2.45) is 0 Å². The van der Waals surface area contributed by atoms with Crippen molar-refractivity contribution in [2.45, 2.75) is 45.0 Å². The summed E-state index contributed by atoms with van der Waals surface area (Å²) < 4.78 is 19.8. The maximum atomic E-state index is 14.5. The lowest BCUT2D eigenvalue weighted by Gasteiger charge is -2.36. The second-order valence-electron chi connectivity index (χ2n) is 7.06. The van der Waals surface area contributed by atoms with E-state index < -0.39 is 23.9 Å². The first-order valence-corrected chi connectivity index (χ1v) is 8.85. The summed E-state index contributed by atoms with van der Waals surface area (Å²) in [4.78, 5) is 21.8. The number of hydrogen-bond donors (Lipinski definition) is 2. The number of halogens is 3. The number of piperidine rings is 1. The fraction of sp³-hybridized carbons (Fsp3) is 0.600. The lowest BCUT2D eigenvalue weighted by Crippen LogP contribution is -2.52. The number of likely N-dealkylation sites (tertiary alicyclic amines) is 1. The smallest absolute Gasteiger partial charge is 0.410 e. The van der Waals surface area contributed by atoms with Crippen molar-refractivity contribution in [1.29, 1.82) is 0 Å². The van der Waals surface area contributed by atoms with Crippen LogP contribution in [0, 0.1) is 0 Å². The quantitative estimate of drug-likeness (QED) is 0.744. The third-order valence-electron chi connectivity index (χ3n) is 3.85. The molecule has 0 radical (unpaired) electrons. The second kappa shape index (κ2) is 7.03. The van der Waals surface area contributed by atoms with Crippen molar-refractivity contribution >= 4 is 46.1 Å². The molecule has 1 aliphatic rings. The number of aromatic amines is 1. The molecule has 0 aliphatic carbocycles. The van der Waals surface area contributed by atoms with Gasteiger partial charge in [0.1, 0.15) is 23.0 Å². The molecule has 3 heterocycles. The Balaban J connectivity index is 1.80. The van der Waals surface area contributed by atoms with E-state index in [1.807, 2.05) is 0 Å². The zero-order valence-electron chi connectivity index (χ0n) is 14.5. The van der Waals surface area contributed by atoms with Crippen LogP contribution in [0.1, 0.15) is 27.2 Å². The van der Waals surface area contributed by atoms with Crippen molar-refractivity contribution in [1.82, 2.24) is 25.1 Å². The van der Waals surface area contributed by atoms with Crippen LogP contribution in [-0.4, -0.2) is 62.1 Å². The molecule has 1 saturated heterocycles. The van der Waals surface area contributed by atoms with Gasteiger partial charge in [-0.05, 0) is 38.8 Å². The monoisotopic (exact) mass is 404 g/mol. The molecule has 0 unspecified atom stereocenters. The molecule has 2 atom stereocenters. The summed E-state index contributed by atoms with van der Waals surface area (Å²) in [5.41, 5.74) is -0.281. The van der Waals surface area contributed by atoms with Crippen LogP contribution < -0.4 is 5.32 Å². The van der Waals surface area contributed by atoms with E-state index in [0.717, 1.165) is 0 Å². The predicted octanol–water partition coefficient (Wildman–Crippen LogP) is 3.42. The highest BCUT2D eigenvalue weighted by Crippen LogP contribution is 2.29. The molecule has 1 amide bonds. The van der Waals surface area contributed by atoms with Gasteiger partial charge in [-0.3, -0.25) is 5.10 Å². The molecule has 1 aliphatic heterocycles. The number of carbonyl (C=O) groups excluding carboxylic acids is 1. The Bertz CT molecular complexity index is 824. The average Bonchev–Trinajstić information content (AvgIpc) is 2.88. The van der Waals surface area contributed by atoms with Crippen molar-refractivity contribution < 1.29 is 13.9 Å². The summed E-state index contributed by atoms with van der Waals surface area (Å²) in [5, 5.41) is 10.0. The van der Waals surface area contributed by atoms with Crippen LogP contribution in [0.25, 0.3) is 11.0 Å². The zero-order valence-corrected chi connectivity index (χ0v) is 16.0. The summed E-state index contributed by atoms with van der Waals surface area (Å²) in [7, 11) is 0. The van der Waals surface area contributed by atoms with E-state index in [1.165, 1.54) is 4.90 Å². The Morgan fingerprint density at radius 3 is 2.81 bits per heavy atom. The van der Waals surface area contributed by atoms with Gasteiger partial charge in [0.05, 0.1) is 6.04 Å². The SMILES string of the molecule is CC(C)(C)OC(=O)N1CC[C@@H](F)[C@@H](Nc2nc(Cl)nc3[nH]nc(Cl)c23)C1. The van der Waals surface area contributed by atoms with Gasteiger partial charge < -0.3 is 15.0 Å². The number of fused-ring (bicyclic) bond motifs is 1. The molecule has 142 valence electrons. The molecule has 11 heteroatoms. The van der Waals surface area contributed by atoms with Crippen LogP contribution in [0.3, 0.4) is 0 Å². The Labute approximate surface area is 159 Å². The first kappa shape index (κ1) is 18.9. The number of aromatic nitrogens is 4. The van der Waals surface area contributed by atoms with Crippen molar-refractivity contribution in [3.05, 3.63) is 10.4 Å². The van der Waals surface area contributed by atoms with Gasteiger partial charge in [-0.15, -0.1) is 0 Å². The average molecular weight is 405 g/mol. The van der Waals surface area contributed by atoms with E-state index in [9.17, 15) is 9.18 Å². The van der Waals surface area contributed by atoms with Crippen LogP contribution in [0.2, 0.25) is 10.4 Å². The summed E-state index contributed by atoms with van der Waals surface area (Å²) in [5.74, 6) is 0.262. The fourth-order valence-electron chi connectivity index (χ4n) is 2.70. The third-order valence-corrected chi connectivity index (χ3v) is 4.29. The molecular formula is C15H19Cl2FN6O2. The Kier molecular flexibility index (Phi) is 5.12. The Hall–Kier alpha value is -1.87. The van der Waals surface area contributed by atoms with E-state index in [2.05, 4.69) is 25.5 Å². The molecule has 8 nitrogen and oxygen atoms in total. The number of rotatable bonds is 2. The normalized spacial score (nSPS) is 21.1. The number of H-pyrrole nitrogens is 1. The highest BCUT2D eigenvalue weighted by molar-refractivity contribution is 6.35. The number of carbonyl (C=O) groups is 1. The Morgan fingerprint density at radius 1 is 1.38 bits per heavy atom. The molecule has 1 fully saturated rings. The maximum Gasteiger partial charge on any atom is 0.410 e. The van der Waals surface area contributed by atoms with Gasteiger partial charge in [-0.2, -0.15) is 15.1 Å². The van der Waals surface area contributed by atoms with Crippen molar-refractivity contribution in [3.63, 3.8) is 0 Å². The molecule has 2 aromatic rings. The van der Waals surface area contributed by atoms with Gasteiger partial charge in [0, 0.05) is 13.1 Å². The lowest BCUT2D eigenvalue weighted by molar-refractivity contribution is 0.0150. The fourth-order valence-corrected chi connectivity index (χ4v) is 3.09. The van der Waals surface area contributed by atoms with Gasteiger partial charge in [-0.1, -0.05) is 11.6 Å². The topological polar surface area (TPSA) is 96.0 Å².